The molecular weight excluding hydrogens is 164 g/mol. The normalized spacial score (nSPS) is 14.5. The van der Waals surface area contributed by atoms with Gasteiger partial charge in [0.2, 0.25) is 0 Å². The number of esters is 1. The summed E-state index contributed by atoms with van der Waals surface area (Å²) in [4.78, 5) is 11.0. The van der Waals surface area contributed by atoms with Crippen LogP contribution in [0.3, 0.4) is 0 Å². The Hall–Kier alpha value is -1.31. The third-order valence-electron chi connectivity index (χ3n) is 2.31. The Bertz CT molecular complexity index is 353. The van der Waals surface area contributed by atoms with Crippen molar-refractivity contribution < 1.29 is 9.53 Å². The van der Waals surface area contributed by atoms with Crippen LogP contribution in [-0.4, -0.2) is 5.97 Å². The maximum Gasteiger partial charge on any atom is 0.315 e. The summed E-state index contributed by atoms with van der Waals surface area (Å²) in [5.41, 5.74) is 2.29. The first-order valence-electron chi connectivity index (χ1n) is 4.50. The van der Waals surface area contributed by atoms with Gasteiger partial charge in [0.05, 0.1) is 6.42 Å². The van der Waals surface area contributed by atoms with E-state index in [0.717, 1.165) is 11.3 Å². The third-order valence-corrected chi connectivity index (χ3v) is 2.31. The van der Waals surface area contributed by atoms with Gasteiger partial charge in [-0.2, -0.15) is 0 Å². The SMILES string of the molecule is CC(C)c1ccc2c(c1)CC(=O)O2. The van der Waals surface area contributed by atoms with Crippen molar-refractivity contribution in [3.8, 4) is 5.75 Å². The van der Waals surface area contributed by atoms with Gasteiger partial charge in [-0.25, -0.2) is 0 Å². The van der Waals surface area contributed by atoms with E-state index >= 15 is 0 Å². The van der Waals surface area contributed by atoms with Gasteiger partial charge < -0.3 is 4.74 Å². The molecule has 1 aliphatic rings. The fourth-order valence-electron chi connectivity index (χ4n) is 1.51. The molecule has 1 aliphatic heterocycles. The number of benzene rings is 1. The van der Waals surface area contributed by atoms with E-state index in [-0.39, 0.29) is 5.97 Å². The quantitative estimate of drug-likeness (QED) is 0.484. The molecule has 0 saturated carbocycles. The van der Waals surface area contributed by atoms with E-state index in [9.17, 15) is 4.79 Å². The van der Waals surface area contributed by atoms with Gasteiger partial charge in [-0.3, -0.25) is 4.79 Å². The Balaban J connectivity index is 2.40. The zero-order valence-corrected chi connectivity index (χ0v) is 7.83. The van der Waals surface area contributed by atoms with Crippen molar-refractivity contribution >= 4 is 5.97 Å². The zero-order chi connectivity index (χ0) is 9.42. The van der Waals surface area contributed by atoms with Crippen LogP contribution in [0.2, 0.25) is 0 Å². The lowest BCUT2D eigenvalue weighted by Gasteiger charge is -2.05. The fraction of sp³-hybridized carbons (Fsp3) is 0.364. The number of hydrogen-bond donors (Lipinski definition) is 0. The van der Waals surface area contributed by atoms with E-state index in [0.29, 0.717) is 12.3 Å². The van der Waals surface area contributed by atoms with Crippen molar-refractivity contribution in [2.45, 2.75) is 26.2 Å². The first-order chi connectivity index (χ1) is 6.16. The Morgan fingerprint density at radius 3 is 2.85 bits per heavy atom. The zero-order valence-electron chi connectivity index (χ0n) is 7.83. The smallest absolute Gasteiger partial charge is 0.315 e. The molecule has 2 rings (SSSR count). The minimum absolute atomic E-state index is 0.143. The highest BCUT2D eigenvalue weighted by Gasteiger charge is 2.20. The van der Waals surface area contributed by atoms with Crippen LogP contribution in [0.5, 0.6) is 5.75 Å². The van der Waals surface area contributed by atoms with E-state index in [1.165, 1.54) is 5.56 Å². The number of ether oxygens (including phenoxy) is 1. The molecule has 1 aromatic carbocycles. The van der Waals surface area contributed by atoms with Crippen molar-refractivity contribution in [2.24, 2.45) is 0 Å². The van der Waals surface area contributed by atoms with Crippen LogP contribution in [0.15, 0.2) is 18.2 Å². The minimum atomic E-state index is -0.143. The Labute approximate surface area is 77.5 Å². The van der Waals surface area contributed by atoms with E-state index in [2.05, 4.69) is 19.9 Å². The van der Waals surface area contributed by atoms with Gasteiger partial charge in [-0.05, 0) is 17.5 Å². The number of carbonyl (C=O) groups excluding carboxylic acids is 1. The van der Waals surface area contributed by atoms with Gasteiger partial charge in [0.25, 0.3) is 0 Å². The molecule has 0 aliphatic carbocycles. The summed E-state index contributed by atoms with van der Waals surface area (Å²) in [7, 11) is 0. The summed E-state index contributed by atoms with van der Waals surface area (Å²) in [6, 6.07) is 5.96. The van der Waals surface area contributed by atoms with Crippen LogP contribution < -0.4 is 4.74 Å². The fourth-order valence-corrected chi connectivity index (χ4v) is 1.51. The molecule has 68 valence electrons. The maximum atomic E-state index is 11.0. The lowest BCUT2D eigenvalue weighted by Crippen LogP contribution is -2.00. The summed E-state index contributed by atoms with van der Waals surface area (Å²) >= 11 is 0. The molecule has 0 unspecified atom stereocenters. The first kappa shape index (κ1) is 8.30. The molecule has 0 aromatic heterocycles. The lowest BCUT2D eigenvalue weighted by atomic mass is 10.00. The minimum Gasteiger partial charge on any atom is -0.426 e. The maximum absolute atomic E-state index is 11.0. The summed E-state index contributed by atoms with van der Waals surface area (Å²) < 4.78 is 5.00. The second-order valence-electron chi connectivity index (χ2n) is 3.67. The average molecular weight is 176 g/mol. The predicted octanol–water partition coefficient (Wildman–Crippen LogP) is 2.27. The van der Waals surface area contributed by atoms with Crippen molar-refractivity contribution in [1.82, 2.24) is 0 Å². The molecule has 0 saturated heterocycles. The highest BCUT2D eigenvalue weighted by Crippen LogP contribution is 2.28. The number of fused-ring (bicyclic) bond motifs is 1. The average Bonchev–Trinajstić information content (AvgIpc) is 2.42. The standard InChI is InChI=1S/C11H12O2/c1-7(2)8-3-4-10-9(5-8)6-11(12)13-10/h3-5,7H,6H2,1-2H3. The molecule has 0 N–H and O–H groups in total. The van der Waals surface area contributed by atoms with E-state index in [1.807, 2.05) is 12.1 Å². The second kappa shape index (κ2) is 2.87. The molecule has 0 bridgehead atoms. The molecule has 0 spiro atoms. The molecule has 0 radical (unpaired) electrons. The number of rotatable bonds is 1. The summed E-state index contributed by atoms with van der Waals surface area (Å²) in [6.45, 7) is 4.28. The topological polar surface area (TPSA) is 26.3 Å². The van der Waals surface area contributed by atoms with Crippen molar-refractivity contribution in [3.63, 3.8) is 0 Å². The Kier molecular flexibility index (Phi) is 1.83. The summed E-state index contributed by atoms with van der Waals surface area (Å²) in [5, 5.41) is 0. The van der Waals surface area contributed by atoms with E-state index in [4.69, 9.17) is 4.74 Å². The van der Waals surface area contributed by atoms with Crippen molar-refractivity contribution in [2.75, 3.05) is 0 Å². The van der Waals surface area contributed by atoms with Crippen LogP contribution in [0.4, 0.5) is 0 Å². The van der Waals surface area contributed by atoms with Gasteiger partial charge in [-0.1, -0.05) is 26.0 Å². The van der Waals surface area contributed by atoms with Crippen LogP contribution in [0, 0.1) is 0 Å². The summed E-state index contributed by atoms with van der Waals surface area (Å²) in [6.07, 6.45) is 0.426. The van der Waals surface area contributed by atoms with Gasteiger partial charge in [0.15, 0.2) is 0 Å². The van der Waals surface area contributed by atoms with Crippen molar-refractivity contribution in [1.29, 1.82) is 0 Å². The Morgan fingerprint density at radius 2 is 2.15 bits per heavy atom. The largest absolute Gasteiger partial charge is 0.426 e. The first-order valence-corrected chi connectivity index (χ1v) is 4.50. The van der Waals surface area contributed by atoms with Crippen LogP contribution in [-0.2, 0) is 11.2 Å². The number of carbonyl (C=O) groups is 1. The lowest BCUT2D eigenvalue weighted by molar-refractivity contribution is -0.131. The van der Waals surface area contributed by atoms with Gasteiger partial charge in [0, 0.05) is 5.56 Å². The van der Waals surface area contributed by atoms with Gasteiger partial charge >= 0.3 is 5.97 Å². The van der Waals surface area contributed by atoms with E-state index < -0.39 is 0 Å². The molecule has 1 heterocycles. The molecule has 1 aromatic rings. The second-order valence-corrected chi connectivity index (χ2v) is 3.67. The molecule has 2 heteroatoms. The molecule has 0 fully saturated rings. The highest BCUT2D eigenvalue weighted by atomic mass is 16.5. The van der Waals surface area contributed by atoms with Crippen LogP contribution in [0.25, 0.3) is 0 Å². The molecule has 0 atom stereocenters. The molecule has 0 amide bonds. The summed E-state index contributed by atoms with van der Waals surface area (Å²) in [5.74, 6) is 1.09. The van der Waals surface area contributed by atoms with Crippen molar-refractivity contribution in [3.05, 3.63) is 29.3 Å². The highest BCUT2D eigenvalue weighted by molar-refractivity contribution is 5.81. The predicted molar refractivity (Wildman–Crippen MR) is 49.9 cm³/mol. The van der Waals surface area contributed by atoms with Gasteiger partial charge in [0.1, 0.15) is 5.75 Å². The molecule has 2 nitrogen and oxygen atoms in total. The molecule has 13 heavy (non-hydrogen) atoms. The molecular formula is C11H12O2. The van der Waals surface area contributed by atoms with Crippen LogP contribution >= 0.6 is 0 Å². The van der Waals surface area contributed by atoms with Crippen LogP contribution in [0.1, 0.15) is 30.9 Å². The third kappa shape index (κ3) is 1.44. The van der Waals surface area contributed by atoms with Gasteiger partial charge in [-0.15, -0.1) is 0 Å². The van der Waals surface area contributed by atoms with E-state index in [1.54, 1.807) is 0 Å². The monoisotopic (exact) mass is 176 g/mol. The number of hydrogen-bond acceptors (Lipinski definition) is 2. The Morgan fingerprint density at radius 1 is 1.38 bits per heavy atom.